The highest BCUT2D eigenvalue weighted by molar-refractivity contribution is 4.86. The first-order chi connectivity index (χ1) is 6.79. The molecule has 2 heteroatoms. The van der Waals surface area contributed by atoms with Gasteiger partial charge in [-0.25, -0.2) is 0 Å². The Labute approximate surface area is 95.2 Å². The van der Waals surface area contributed by atoms with E-state index in [4.69, 9.17) is 0 Å². The van der Waals surface area contributed by atoms with Gasteiger partial charge in [0.05, 0.1) is 0 Å². The molecule has 1 rings (SSSR count). The van der Waals surface area contributed by atoms with Gasteiger partial charge < -0.3 is 10.6 Å². The van der Waals surface area contributed by atoms with E-state index in [-0.39, 0.29) is 5.54 Å². The lowest BCUT2D eigenvalue weighted by atomic mass is 9.81. The van der Waals surface area contributed by atoms with Gasteiger partial charge in [-0.15, -0.1) is 0 Å². The lowest BCUT2D eigenvalue weighted by Gasteiger charge is -2.34. The fourth-order valence-corrected chi connectivity index (χ4v) is 2.72. The molecule has 0 amide bonds. The van der Waals surface area contributed by atoms with Crippen molar-refractivity contribution in [1.82, 2.24) is 10.6 Å². The summed E-state index contributed by atoms with van der Waals surface area (Å²) in [5.41, 5.74) is 0.655. The van der Waals surface area contributed by atoms with Crippen LogP contribution in [0.25, 0.3) is 0 Å². The van der Waals surface area contributed by atoms with Crippen molar-refractivity contribution >= 4 is 0 Å². The van der Waals surface area contributed by atoms with E-state index in [1.165, 1.54) is 25.8 Å². The summed E-state index contributed by atoms with van der Waals surface area (Å²) in [5, 5.41) is 7.22. The molecule has 1 fully saturated rings. The third-order valence-corrected chi connectivity index (χ3v) is 2.96. The van der Waals surface area contributed by atoms with Crippen LogP contribution in [0.4, 0.5) is 0 Å². The summed E-state index contributed by atoms with van der Waals surface area (Å²) in [6.07, 6.45) is 3.89. The first-order valence-electron chi connectivity index (χ1n) is 6.27. The van der Waals surface area contributed by atoms with Crippen molar-refractivity contribution in [1.29, 1.82) is 0 Å². The van der Waals surface area contributed by atoms with Crippen molar-refractivity contribution in [2.45, 2.75) is 65.5 Å². The maximum absolute atomic E-state index is 3.69. The Morgan fingerprint density at radius 1 is 1.20 bits per heavy atom. The molecule has 0 aliphatic carbocycles. The molecule has 1 heterocycles. The summed E-state index contributed by atoms with van der Waals surface area (Å²) < 4.78 is 0. The highest BCUT2D eigenvalue weighted by Crippen LogP contribution is 2.26. The second-order valence-corrected chi connectivity index (χ2v) is 6.80. The van der Waals surface area contributed by atoms with Crippen LogP contribution in [0.5, 0.6) is 0 Å². The van der Waals surface area contributed by atoms with Gasteiger partial charge in [0.2, 0.25) is 0 Å². The maximum atomic E-state index is 3.69. The van der Waals surface area contributed by atoms with E-state index in [1.54, 1.807) is 0 Å². The minimum absolute atomic E-state index is 0.252. The van der Waals surface area contributed by atoms with Crippen LogP contribution in [-0.2, 0) is 0 Å². The van der Waals surface area contributed by atoms with Crippen LogP contribution in [-0.4, -0.2) is 24.7 Å². The van der Waals surface area contributed by atoms with Crippen molar-refractivity contribution in [3.8, 4) is 0 Å². The minimum atomic E-state index is 0.252. The van der Waals surface area contributed by atoms with Crippen molar-refractivity contribution < 1.29 is 0 Å². The van der Waals surface area contributed by atoms with Gasteiger partial charge in [0.1, 0.15) is 0 Å². The molecular weight excluding hydrogens is 184 g/mol. The average molecular weight is 212 g/mol. The van der Waals surface area contributed by atoms with E-state index in [2.05, 4.69) is 45.3 Å². The van der Waals surface area contributed by atoms with E-state index >= 15 is 0 Å². The van der Waals surface area contributed by atoms with E-state index in [1.807, 2.05) is 0 Å². The zero-order chi connectivity index (χ0) is 11.5. The van der Waals surface area contributed by atoms with Crippen molar-refractivity contribution in [3.05, 3.63) is 0 Å². The number of nitrogens with one attached hydrogen (secondary N) is 2. The summed E-state index contributed by atoms with van der Waals surface area (Å²) in [6, 6.07) is 0.698. The summed E-state index contributed by atoms with van der Waals surface area (Å²) in [4.78, 5) is 0. The molecule has 1 aliphatic rings. The van der Waals surface area contributed by atoms with Crippen molar-refractivity contribution in [3.63, 3.8) is 0 Å². The van der Waals surface area contributed by atoms with E-state index in [9.17, 15) is 0 Å². The minimum Gasteiger partial charge on any atom is -0.313 e. The maximum Gasteiger partial charge on any atom is 0.0193 e. The molecule has 2 N–H and O–H groups in total. The monoisotopic (exact) mass is 212 g/mol. The van der Waals surface area contributed by atoms with Crippen LogP contribution in [0.1, 0.15) is 53.9 Å². The Morgan fingerprint density at radius 2 is 1.87 bits per heavy atom. The van der Waals surface area contributed by atoms with Crippen molar-refractivity contribution in [2.75, 3.05) is 13.1 Å². The molecule has 90 valence electrons. The topological polar surface area (TPSA) is 24.1 Å². The van der Waals surface area contributed by atoms with Crippen LogP contribution in [0.2, 0.25) is 0 Å². The third-order valence-electron chi connectivity index (χ3n) is 2.96. The molecular formula is C13H28N2. The molecule has 1 aliphatic heterocycles. The first kappa shape index (κ1) is 13.0. The third kappa shape index (κ3) is 5.53. The molecule has 0 saturated carbocycles. The van der Waals surface area contributed by atoms with Gasteiger partial charge in [-0.2, -0.15) is 0 Å². The molecule has 0 radical (unpaired) electrons. The van der Waals surface area contributed by atoms with Gasteiger partial charge in [0, 0.05) is 18.1 Å². The number of hydrogen-bond donors (Lipinski definition) is 2. The fourth-order valence-electron chi connectivity index (χ4n) is 2.72. The van der Waals surface area contributed by atoms with E-state index in [0.717, 1.165) is 6.54 Å². The molecule has 0 aromatic rings. The molecule has 2 nitrogen and oxygen atoms in total. The van der Waals surface area contributed by atoms with Gasteiger partial charge in [0.25, 0.3) is 0 Å². The predicted molar refractivity (Wildman–Crippen MR) is 67.2 cm³/mol. The van der Waals surface area contributed by atoms with Crippen molar-refractivity contribution in [2.24, 2.45) is 5.41 Å². The molecule has 0 spiro atoms. The molecule has 0 bridgehead atoms. The lowest BCUT2D eigenvalue weighted by molar-refractivity contribution is 0.237. The van der Waals surface area contributed by atoms with Crippen LogP contribution in [0.15, 0.2) is 0 Å². The van der Waals surface area contributed by atoms with E-state index in [0.29, 0.717) is 11.5 Å². The second-order valence-electron chi connectivity index (χ2n) is 6.80. The van der Waals surface area contributed by atoms with Gasteiger partial charge in [-0.1, -0.05) is 20.8 Å². The Bertz CT molecular complexity index is 185. The molecule has 1 saturated heterocycles. The normalized spacial score (nSPS) is 23.4. The zero-order valence-corrected chi connectivity index (χ0v) is 11.1. The SMILES string of the molecule is CC(C)(C)CC(C)(C)NCC1CCCN1. The molecule has 0 aromatic carbocycles. The smallest absolute Gasteiger partial charge is 0.0193 e. The summed E-state index contributed by atoms with van der Waals surface area (Å²) in [5.74, 6) is 0. The van der Waals surface area contributed by atoms with Gasteiger partial charge in [-0.05, 0) is 45.1 Å². The van der Waals surface area contributed by atoms with E-state index < -0.39 is 0 Å². The molecule has 1 atom stereocenters. The highest BCUT2D eigenvalue weighted by atomic mass is 15.0. The van der Waals surface area contributed by atoms with Crippen LogP contribution >= 0.6 is 0 Å². The predicted octanol–water partition coefficient (Wildman–Crippen LogP) is 2.54. The first-order valence-corrected chi connectivity index (χ1v) is 6.27. The van der Waals surface area contributed by atoms with Gasteiger partial charge in [-0.3, -0.25) is 0 Å². The number of rotatable bonds is 4. The summed E-state index contributed by atoms with van der Waals surface area (Å²) in [7, 11) is 0. The summed E-state index contributed by atoms with van der Waals surface area (Å²) >= 11 is 0. The largest absolute Gasteiger partial charge is 0.313 e. The van der Waals surface area contributed by atoms with Crippen LogP contribution in [0.3, 0.4) is 0 Å². The second kappa shape index (κ2) is 4.84. The summed E-state index contributed by atoms with van der Waals surface area (Å²) in [6.45, 7) is 13.9. The fraction of sp³-hybridized carbons (Fsp3) is 1.00. The Hall–Kier alpha value is -0.0800. The Kier molecular flexibility index (Phi) is 4.19. The standard InChI is InChI=1S/C13H28N2/c1-12(2,3)10-13(4,5)15-9-11-7-6-8-14-11/h11,14-15H,6-10H2,1-5H3. The Morgan fingerprint density at radius 3 is 2.33 bits per heavy atom. The number of hydrogen-bond acceptors (Lipinski definition) is 2. The molecule has 15 heavy (non-hydrogen) atoms. The molecule has 0 aromatic heterocycles. The Balaban J connectivity index is 2.28. The highest BCUT2D eigenvalue weighted by Gasteiger charge is 2.26. The van der Waals surface area contributed by atoms with Crippen LogP contribution in [0, 0.1) is 5.41 Å². The van der Waals surface area contributed by atoms with Gasteiger partial charge >= 0.3 is 0 Å². The van der Waals surface area contributed by atoms with Crippen LogP contribution < -0.4 is 10.6 Å². The van der Waals surface area contributed by atoms with Gasteiger partial charge in [0.15, 0.2) is 0 Å². The quantitative estimate of drug-likeness (QED) is 0.748. The zero-order valence-electron chi connectivity index (χ0n) is 11.1. The molecule has 1 unspecified atom stereocenters. The lowest BCUT2D eigenvalue weighted by Crippen LogP contribution is -2.47. The average Bonchev–Trinajstić information content (AvgIpc) is 2.47.